The van der Waals surface area contributed by atoms with Crippen molar-refractivity contribution in [2.45, 2.75) is 12.8 Å². The number of hydrogen-bond acceptors (Lipinski definition) is 3. The highest BCUT2D eigenvalue weighted by atomic mass is 16.3. The van der Waals surface area contributed by atoms with Crippen LogP contribution in [0, 0.1) is 0 Å². The summed E-state index contributed by atoms with van der Waals surface area (Å²) in [6.07, 6.45) is 5.24. The summed E-state index contributed by atoms with van der Waals surface area (Å²) in [5.74, 6) is 4.97. The number of aliphatic hydroxyl groups is 1. The highest BCUT2D eigenvalue weighted by Gasteiger charge is 2.04. The van der Waals surface area contributed by atoms with Crippen molar-refractivity contribution >= 4 is 0 Å². The monoisotopic (exact) mass is 139 g/mol. The van der Waals surface area contributed by atoms with Gasteiger partial charge in [-0.3, -0.25) is 0 Å². The highest BCUT2D eigenvalue weighted by molar-refractivity contribution is 5.25. The summed E-state index contributed by atoms with van der Waals surface area (Å²) >= 11 is 0. The predicted octanol–water partition coefficient (Wildman–Crippen LogP) is 1.43. The van der Waals surface area contributed by atoms with Crippen LogP contribution in [0.1, 0.15) is 12.8 Å². The molecule has 1 rings (SSSR count). The minimum absolute atomic E-state index is 0.167. The van der Waals surface area contributed by atoms with E-state index in [2.05, 4.69) is 10.3 Å². The maximum absolute atomic E-state index is 9.08. The van der Waals surface area contributed by atoms with E-state index < -0.39 is 0 Å². The second-order valence-electron chi connectivity index (χ2n) is 1.97. The molecule has 0 spiro atoms. The number of allylic oxidation sites excluding steroid dienone is 2. The van der Waals surface area contributed by atoms with Gasteiger partial charge in [0.05, 0.1) is 0 Å². The standard InChI is InChI=1S/C6H9N3O/c7-9-8-5-3-1-2-4-6(5)10/h3-4,10H,1-2H2,(H2,7,8). The molecule has 0 saturated heterocycles. The predicted molar refractivity (Wildman–Crippen MR) is 37.1 cm³/mol. The Hall–Kier alpha value is -1.32. The fraction of sp³-hybridized carbons (Fsp3) is 0.333. The van der Waals surface area contributed by atoms with Crippen LogP contribution in [-0.2, 0) is 0 Å². The van der Waals surface area contributed by atoms with E-state index in [9.17, 15) is 0 Å². The van der Waals surface area contributed by atoms with Crippen LogP contribution in [0.4, 0.5) is 0 Å². The number of nitrogens with two attached hydrogens (primary N) is 1. The van der Waals surface area contributed by atoms with Crippen LogP contribution >= 0.6 is 0 Å². The smallest absolute Gasteiger partial charge is 0.138 e. The summed E-state index contributed by atoms with van der Waals surface area (Å²) in [7, 11) is 0. The first-order valence-electron chi connectivity index (χ1n) is 3.05. The lowest BCUT2D eigenvalue weighted by Crippen LogP contribution is -1.91. The summed E-state index contributed by atoms with van der Waals surface area (Å²) in [4.78, 5) is 0. The second kappa shape index (κ2) is 3.00. The average molecular weight is 139 g/mol. The van der Waals surface area contributed by atoms with Gasteiger partial charge in [-0.25, -0.2) is 0 Å². The molecule has 0 atom stereocenters. The van der Waals surface area contributed by atoms with Gasteiger partial charge in [0, 0.05) is 0 Å². The van der Waals surface area contributed by atoms with Crippen LogP contribution in [0.15, 0.2) is 33.9 Å². The fourth-order valence-electron chi connectivity index (χ4n) is 0.803. The van der Waals surface area contributed by atoms with Crippen molar-refractivity contribution in [1.82, 2.24) is 0 Å². The van der Waals surface area contributed by atoms with Gasteiger partial charge >= 0.3 is 0 Å². The minimum Gasteiger partial charge on any atom is -0.506 e. The van der Waals surface area contributed by atoms with Gasteiger partial charge in [-0.05, 0) is 18.9 Å². The lowest BCUT2D eigenvalue weighted by Gasteiger charge is -2.03. The molecule has 0 aliphatic heterocycles. The zero-order valence-electron chi connectivity index (χ0n) is 5.49. The van der Waals surface area contributed by atoms with E-state index >= 15 is 0 Å². The van der Waals surface area contributed by atoms with Crippen molar-refractivity contribution in [3.05, 3.63) is 23.6 Å². The van der Waals surface area contributed by atoms with Crippen molar-refractivity contribution in [3.63, 3.8) is 0 Å². The molecular formula is C6H9N3O. The van der Waals surface area contributed by atoms with Crippen LogP contribution in [-0.4, -0.2) is 5.11 Å². The van der Waals surface area contributed by atoms with Crippen molar-refractivity contribution in [1.29, 1.82) is 0 Å². The average Bonchev–Trinajstić information content (AvgIpc) is 1.94. The Labute approximate surface area is 58.7 Å². The Bertz CT molecular complexity index is 205. The molecule has 54 valence electrons. The Kier molecular flexibility index (Phi) is 2.04. The molecule has 0 aromatic heterocycles. The summed E-state index contributed by atoms with van der Waals surface area (Å²) < 4.78 is 0. The third-order valence-corrected chi connectivity index (χ3v) is 1.27. The lowest BCUT2D eigenvalue weighted by molar-refractivity contribution is 0.414. The van der Waals surface area contributed by atoms with Gasteiger partial charge in [0.25, 0.3) is 0 Å². The molecule has 4 heteroatoms. The van der Waals surface area contributed by atoms with Crippen LogP contribution in [0.3, 0.4) is 0 Å². The Balaban J connectivity index is 2.74. The van der Waals surface area contributed by atoms with Gasteiger partial charge < -0.3 is 10.9 Å². The van der Waals surface area contributed by atoms with Crippen LogP contribution in [0.5, 0.6) is 0 Å². The molecular weight excluding hydrogens is 130 g/mol. The van der Waals surface area contributed by atoms with Gasteiger partial charge in [-0.2, -0.15) is 0 Å². The first kappa shape index (κ1) is 6.80. The largest absolute Gasteiger partial charge is 0.506 e. The molecule has 0 aromatic carbocycles. The molecule has 0 amide bonds. The third kappa shape index (κ3) is 1.34. The zero-order chi connectivity index (χ0) is 7.40. The summed E-state index contributed by atoms with van der Waals surface area (Å²) in [6.45, 7) is 0. The number of rotatable bonds is 1. The number of aliphatic hydroxyl groups excluding tert-OH is 1. The maximum atomic E-state index is 9.08. The van der Waals surface area contributed by atoms with Crippen molar-refractivity contribution in [2.24, 2.45) is 16.2 Å². The molecule has 1 aliphatic carbocycles. The van der Waals surface area contributed by atoms with Crippen molar-refractivity contribution < 1.29 is 5.11 Å². The van der Waals surface area contributed by atoms with E-state index in [-0.39, 0.29) is 5.76 Å². The van der Waals surface area contributed by atoms with Crippen molar-refractivity contribution in [3.8, 4) is 0 Å². The topological polar surface area (TPSA) is 71.0 Å². The quantitative estimate of drug-likeness (QED) is 0.327. The maximum Gasteiger partial charge on any atom is 0.138 e. The normalized spacial score (nSPS) is 18.8. The van der Waals surface area contributed by atoms with Gasteiger partial charge in [0.1, 0.15) is 11.5 Å². The molecule has 4 nitrogen and oxygen atoms in total. The molecule has 0 unspecified atom stereocenters. The minimum atomic E-state index is 0.167. The first-order chi connectivity index (χ1) is 4.84. The van der Waals surface area contributed by atoms with E-state index in [1.165, 1.54) is 0 Å². The summed E-state index contributed by atoms with van der Waals surface area (Å²) in [5.41, 5.74) is 0.466. The fourth-order valence-corrected chi connectivity index (χ4v) is 0.803. The molecule has 0 saturated carbocycles. The highest BCUT2D eigenvalue weighted by Crippen LogP contribution is 2.16. The van der Waals surface area contributed by atoms with Crippen LogP contribution < -0.4 is 5.84 Å². The molecule has 0 fully saturated rings. The van der Waals surface area contributed by atoms with Gasteiger partial charge in [-0.15, -0.1) is 5.11 Å². The molecule has 3 N–H and O–H groups in total. The number of nitrogens with zero attached hydrogens (tertiary/aromatic N) is 2. The number of hydrogen-bond donors (Lipinski definition) is 2. The Morgan fingerprint density at radius 2 is 2.10 bits per heavy atom. The van der Waals surface area contributed by atoms with Gasteiger partial charge in [-0.1, -0.05) is 11.3 Å². The Morgan fingerprint density at radius 1 is 1.40 bits per heavy atom. The van der Waals surface area contributed by atoms with E-state index in [0.717, 1.165) is 12.8 Å². The van der Waals surface area contributed by atoms with E-state index in [1.807, 2.05) is 0 Å². The lowest BCUT2D eigenvalue weighted by atomic mass is 10.1. The molecule has 0 heterocycles. The van der Waals surface area contributed by atoms with E-state index in [4.69, 9.17) is 10.9 Å². The zero-order valence-corrected chi connectivity index (χ0v) is 5.49. The summed E-state index contributed by atoms with van der Waals surface area (Å²) in [5, 5.41) is 15.7. The molecule has 0 aromatic rings. The van der Waals surface area contributed by atoms with E-state index in [1.54, 1.807) is 12.2 Å². The third-order valence-electron chi connectivity index (χ3n) is 1.27. The van der Waals surface area contributed by atoms with Crippen LogP contribution in [0.25, 0.3) is 0 Å². The molecule has 10 heavy (non-hydrogen) atoms. The molecule has 0 bridgehead atoms. The van der Waals surface area contributed by atoms with Gasteiger partial charge in [0.15, 0.2) is 0 Å². The van der Waals surface area contributed by atoms with Crippen LogP contribution in [0.2, 0.25) is 0 Å². The second-order valence-corrected chi connectivity index (χ2v) is 1.97. The summed E-state index contributed by atoms with van der Waals surface area (Å²) in [6, 6.07) is 0. The van der Waals surface area contributed by atoms with Crippen molar-refractivity contribution in [2.75, 3.05) is 0 Å². The first-order valence-corrected chi connectivity index (χ1v) is 3.05. The van der Waals surface area contributed by atoms with Gasteiger partial charge in [0.2, 0.25) is 0 Å². The van der Waals surface area contributed by atoms with E-state index in [0.29, 0.717) is 5.70 Å². The molecule has 1 aliphatic rings. The SMILES string of the molecule is NN=NC1=CCCC=C1O. The Morgan fingerprint density at radius 3 is 2.70 bits per heavy atom. The molecule has 0 radical (unpaired) electrons.